The first-order valence-corrected chi connectivity index (χ1v) is 15.8. The molecule has 0 bridgehead atoms. The fourth-order valence-electron chi connectivity index (χ4n) is 7.91. The molecule has 11 rings (SSSR count). The maximum atomic E-state index is 6.48. The smallest absolute Gasteiger partial charge is 0.139 e. The Bertz CT molecular complexity index is 3020. The van der Waals surface area contributed by atoms with Gasteiger partial charge in [-0.2, -0.15) is 0 Å². The van der Waals surface area contributed by atoms with Crippen LogP contribution >= 0.6 is 0 Å². The predicted molar refractivity (Wildman–Crippen MR) is 193 cm³/mol. The van der Waals surface area contributed by atoms with E-state index in [-0.39, 0.29) is 0 Å². The molecule has 0 aliphatic rings. The number of rotatable bonds is 2. The summed E-state index contributed by atoms with van der Waals surface area (Å²) in [6.45, 7) is 0. The molecule has 0 aliphatic carbocycles. The van der Waals surface area contributed by atoms with E-state index in [0.717, 1.165) is 49.4 Å². The first-order valence-electron chi connectivity index (χ1n) is 15.8. The van der Waals surface area contributed by atoms with Gasteiger partial charge >= 0.3 is 0 Å². The van der Waals surface area contributed by atoms with Crippen LogP contribution in [0.3, 0.4) is 0 Å². The quantitative estimate of drug-likeness (QED) is 0.189. The molecule has 0 fully saturated rings. The van der Waals surface area contributed by atoms with Gasteiger partial charge in [0.2, 0.25) is 0 Å². The van der Waals surface area contributed by atoms with E-state index in [2.05, 4.69) is 127 Å². The second-order valence-corrected chi connectivity index (χ2v) is 12.4. The number of para-hydroxylation sites is 1. The van der Waals surface area contributed by atoms with Gasteiger partial charge < -0.3 is 8.83 Å². The minimum absolute atomic E-state index is 0.843. The number of fused-ring (bicyclic) bond motifs is 7. The van der Waals surface area contributed by atoms with E-state index in [1.807, 2.05) is 18.2 Å². The molecule has 0 spiro atoms. The summed E-state index contributed by atoms with van der Waals surface area (Å²) in [6.07, 6.45) is 0. The van der Waals surface area contributed by atoms with Gasteiger partial charge in [0.25, 0.3) is 0 Å². The molecule has 0 radical (unpaired) electrons. The van der Waals surface area contributed by atoms with Crippen molar-refractivity contribution >= 4 is 87.0 Å². The molecule has 2 nitrogen and oxygen atoms in total. The fourth-order valence-corrected chi connectivity index (χ4v) is 7.91. The van der Waals surface area contributed by atoms with E-state index in [9.17, 15) is 0 Å². The molecule has 2 heteroatoms. The fraction of sp³-hybridized carbons (Fsp3) is 0. The van der Waals surface area contributed by atoms with Crippen LogP contribution in [0.4, 0.5) is 0 Å². The average Bonchev–Trinajstić information content (AvgIpc) is 3.65. The lowest BCUT2D eigenvalue weighted by Crippen LogP contribution is -1.90. The Morgan fingerprint density at radius 1 is 0.283 bits per heavy atom. The summed E-state index contributed by atoms with van der Waals surface area (Å²) >= 11 is 0. The van der Waals surface area contributed by atoms with E-state index >= 15 is 0 Å². The number of hydrogen-bond acceptors (Lipinski definition) is 2. The van der Waals surface area contributed by atoms with Gasteiger partial charge in [-0.15, -0.1) is 0 Å². The van der Waals surface area contributed by atoms with Crippen LogP contribution < -0.4 is 0 Å². The zero-order chi connectivity index (χ0) is 29.9. The maximum absolute atomic E-state index is 6.48. The lowest BCUT2D eigenvalue weighted by molar-refractivity contribution is 0.656. The van der Waals surface area contributed by atoms with Gasteiger partial charge in [0.1, 0.15) is 22.3 Å². The minimum Gasteiger partial charge on any atom is -0.456 e. The van der Waals surface area contributed by atoms with Crippen LogP contribution in [-0.2, 0) is 0 Å². The third-order valence-corrected chi connectivity index (χ3v) is 10.0. The van der Waals surface area contributed by atoms with E-state index < -0.39 is 0 Å². The van der Waals surface area contributed by atoms with Crippen molar-refractivity contribution < 1.29 is 8.83 Å². The van der Waals surface area contributed by atoms with Gasteiger partial charge in [0.15, 0.2) is 0 Å². The summed E-state index contributed by atoms with van der Waals surface area (Å²) in [4.78, 5) is 0. The first-order chi connectivity index (χ1) is 22.8. The van der Waals surface area contributed by atoms with Crippen molar-refractivity contribution in [2.45, 2.75) is 0 Å². The van der Waals surface area contributed by atoms with Crippen molar-refractivity contribution in [1.82, 2.24) is 0 Å². The second kappa shape index (κ2) is 8.74. The molecule has 212 valence electrons. The van der Waals surface area contributed by atoms with Crippen LogP contribution in [0.1, 0.15) is 0 Å². The van der Waals surface area contributed by atoms with Gasteiger partial charge in [-0.25, -0.2) is 0 Å². The minimum atomic E-state index is 0.843. The summed E-state index contributed by atoms with van der Waals surface area (Å²) in [7, 11) is 0. The molecule has 0 saturated carbocycles. The molecule has 0 unspecified atom stereocenters. The summed E-state index contributed by atoms with van der Waals surface area (Å²) < 4.78 is 12.6. The van der Waals surface area contributed by atoms with E-state index in [4.69, 9.17) is 8.83 Å². The van der Waals surface area contributed by atoms with Crippen LogP contribution in [0.25, 0.3) is 109 Å². The van der Waals surface area contributed by atoms with Crippen molar-refractivity contribution in [3.05, 3.63) is 146 Å². The summed E-state index contributed by atoms with van der Waals surface area (Å²) in [5.74, 6) is 0. The van der Waals surface area contributed by atoms with Crippen LogP contribution in [0.5, 0.6) is 0 Å². The van der Waals surface area contributed by atoms with Crippen molar-refractivity contribution in [2.75, 3.05) is 0 Å². The molecule has 0 aliphatic heterocycles. The molecular formula is C44H24O2. The predicted octanol–water partition coefficient (Wildman–Crippen LogP) is 12.9. The van der Waals surface area contributed by atoms with Crippen molar-refractivity contribution in [3.8, 4) is 22.3 Å². The second-order valence-electron chi connectivity index (χ2n) is 12.4. The number of furan rings is 2. The Morgan fingerprint density at radius 3 is 1.67 bits per heavy atom. The van der Waals surface area contributed by atoms with Crippen molar-refractivity contribution in [3.63, 3.8) is 0 Å². The van der Waals surface area contributed by atoms with Crippen LogP contribution in [0.15, 0.2) is 154 Å². The Hall–Kier alpha value is -6.12. The summed E-state index contributed by atoms with van der Waals surface area (Å²) in [5.41, 5.74) is 8.37. The largest absolute Gasteiger partial charge is 0.456 e. The third-order valence-electron chi connectivity index (χ3n) is 10.0. The molecule has 2 aromatic heterocycles. The standard InChI is InChI=1S/C44H24O2/c1-2-8-29-25(6-1)7-5-10-31(29)32-18-13-27-14-20-35-30(17-12-26-15-21-36(32)44(27)43(26)35)28-16-19-34-38-23-37-33-9-3-4-11-39(33)45-41(37)24-42(38)46-40(34)22-28/h1-24H. The van der Waals surface area contributed by atoms with Crippen LogP contribution in [0.2, 0.25) is 0 Å². The topological polar surface area (TPSA) is 26.3 Å². The lowest BCUT2D eigenvalue weighted by Gasteiger charge is -2.17. The molecule has 9 aromatic carbocycles. The molecule has 0 saturated heterocycles. The average molecular weight is 585 g/mol. The van der Waals surface area contributed by atoms with Crippen molar-refractivity contribution in [2.24, 2.45) is 0 Å². The van der Waals surface area contributed by atoms with Crippen LogP contribution in [-0.4, -0.2) is 0 Å². The molecule has 11 aromatic rings. The van der Waals surface area contributed by atoms with Gasteiger partial charge in [0.05, 0.1) is 0 Å². The van der Waals surface area contributed by atoms with E-state index in [1.54, 1.807) is 0 Å². The number of benzene rings is 9. The highest BCUT2D eigenvalue weighted by Crippen LogP contribution is 2.44. The number of hydrogen-bond donors (Lipinski definition) is 0. The highest BCUT2D eigenvalue weighted by Gasteiger charge is 2.18. The molecule has 0 N–H and O–H groups in total. The zero-order valence-electron chi connectivity index (χ0n) is 24.7. The monoisotopic (exact) mass is 584 g/mol. The SMILES string of the molecule is c1ccc2c(-c3ccc4ccc5c(-c6ccc7c(c6)oc6cc8oc9ccccc9c8cc67)ccc6ccc3c4c65)cccc2c1. The van der Waals surface area contributed by atoms with Crippen molar-refractivity contribution in [1.29, 1.82) is 0 Å². The highest BCUT2D eigenvalue weighted by molar-refractivity contribution is 6.28. The molecule has 0 atom stereocenters. The van der Waals surface area contributed by atoms with Gasteiger partial charge in [-0.3, -0.25) is 0 Å². The zero-order valence-corrected chi connectivity index (χ0v) is 24.7. The maximum Gasteiger partial charge on any atom is 0.139 e. The lowest BCUT2D eigenvalue weighted by atomic mass is 9.86. The van der Waals surface area contributed by atoms with E-state index in [0.29, 0.717) is 0 Å². The Kier molecular flexibility index (Phi) is 4.61. The third kappa shape index (κ3) is 3.20. The Labute approximate surface area is 263 Å². The Morgan fingerprint density at radius 2 is 0.848 bits per heavy atom. The highest BCUT2D eigenvalue weighted by atomic mass is 16.3. The van der Waals surface area contributed by atoms with E-state index in [1.165, 1.54) is 59.8 Å². The summed E-state index contributed by atoms with van der Waals surface area (Å²) in [6, 6.07) is 52.6. The van der Waals surface area contributed by atoms with Gasteiger partial charge in [-0.1, -0.05) is 115 Å². The molecule has 0 amide bonds. The van der Waals surface area contributed by atoms with Crippen LogP contribution in [0, 0.1) is 0 Å². The van der Waals surface area contributed by atoms with Gasteiger partial charge in [-0.05, 0) is 89.6 Å². The summed E-state index contributed by atoms with van der Waals surface area (Å²) in [5, 5.41) is 14.7. The first kappa shape index (κ1) is 24.2. The Balaban J connectivity index is 1.13. The molecular weight excluding hydrogens is 560 g/mol. The van der Waals surface area contributed by atoms with Gasteiger partial charge in [0, 0.05) is 27.6 Å². The normalized spacial score (nSPS) is 12.3. The molecule has 46 heavy (non-hydrogen) atoms. The molecule has 2 heterocycles.